The van der Waals surface area contributed by atoms with Gasteiger partial charge in [0.05, 0.1) is 5.60 Å². The Morgan fingerprint density at radius 3 is 2.12 bits per heavy atom. The highest BCUT2D eigenvalue weighted by molar-refractivity contribution is 5.10. The molecule has 2 aliphatic carbocycles. The first-order valence-corrected chi connectivity index (χ1v) is 6.22. The van der Waals surface area contributed by atoms with Crippen molar-refractivity contribution in [2.45, 2.75) is 64.0 Å². The van der Waals surface area contributed by atoms with E-state index in [0.717, 1.165) is 19.3 Å². The fraction of sp³-hybridized carbons (Fsp3) is 1.00. The van der Waals surface area contributed by atoms with Crippen molar-refractivity contribution in [1.29, 1.82) is 0 Å². The van der Waals surface area contributed by atoms with Gasteiger partial charge in [0, 0.05) is 12.1 Å². The molecule has 4 unspecified atom stereocenters. The normalized spacial score (nSPS) is 57.4. The van der Waals surface area contributed by atoms with E-state index in [4.69, 9.17) is 5.73 Å². The van der Waals surface area contributed by atoms with Gasteiger partial charge >= 0.3 is 0 Å². The van der Waals surface area contributed by atoms with Gasteiger partial charge in [0.2, 0.25) is 0 Å². The van der Waals surface area contributed by atoms with Crippen LogP contribution in [0.4, 0.5) is 0 Å². The standard InChI is InChI=1S/C13H25NO2/c1-10-4-11(2,9-15)7-13(16,6-10)8-12(3,14)5-10/h15-16H,4-9,14H2,1-3H3. The van der Waals surface area contributed by atoms with Crippen LogP contribution in [0.3, 0.4) is 0 Å². The molecule has 2 aliphatic rings. The van der Waals surface area contributed by atoms with E-state index < -0.39 is 5.60 Å². The molecule has 2 rings (SSSR count). The van der Waals surface area contributed by atoms with Crippen molar-refractivity contribution in [3.63, 3.8) is 0 Å². The molecule has 4 N–H and O–H groups in total. The molecule has 2 fully saturated rings. The van der Waals surface area contributed by atoms with E-state index in [2.05, 4.69) is 13.8 Å². The van der Waals surface area contributed by atoms with Crippen molar-refractivity contribution in [3.05, 3.63) is 0 Å². The van der Waals surface area contributed by atoms with E-state index in [-0.39, 0.29) is 23.0 Å². The summed E-state index contributed by atoms with van der Waals surface area (Å²) in [7, 11) is 0. The summed E-state index contributed by atoms with van der Waals surface area (Å²) in [6.45, 7) is 6.48. The number of aliphatic hydroxyl groups is 2. The van der Waals surface area contributed by atoms with Crippen molar-refractivity contribution >= 4 is 0 Å². The molecule has 2 bridgehead atoms. The largest absolute Gasteiger partial charge is 0.396 e. The Hall–Kier alpha value is -0.120. The molecule has 94 valence electrons. The van der Waals surface area contributed by atoms with Crippen molar-refractivity contribution in [2.24, 2.45) is 16.6 Å². The summed E-state index contributed by atoms with van der Waals surface area (Å²) < 4.78 is 0. The van der Waals surface area contributed by atoms with Crippen LogP contribution in [0.15, 0.2) is 0 Å². The van der Waals surface area contributed by atoms with Crippen molar-refractivity contribution in [2.75, 3.05) is 6.61 Å². The smallest absolute Gasteiger partial charge is 0.0676 e. The predicted molar refractivity (Wildman–Crippen MR) is 63.9 cm³/mol. The van der Waals surface area contributed by atoms with Crippen LogP contribution in [0.1, 0.15) is 52.9 Å². The third-order valence-corrected chi connectivity index (χ3v) is 4.31. The molecule has 16 heavy (non-hydrogen) atoms. The van der Waals surface area contributed by atoms with Gasteiger partial charge in [-0.3, -0.25) is 0 Å². The van der Waals surface area contributed by atoms with E-state index in [0.29, 0.717) is 12.8 Å². The minimum Gasteiger partial charge on any atom is -0.396 e. The lowest BCUT2D eigenvalue weighted by molar-refractivity contribution is -0.155. The second kappa shape index (κ2) is 3.21. The first-order valence-electron chi connectivity index (χ1n) is 6.22. The third-order valence-electron chi connectivity index (χ3n) is 4.31. The molecule has 0 spiro atoms. The predicted octanol–water partition coefficient (Wildman–Crippen LogP) is 1.42. The average molecular weight is 227 g/mol. The minimum atomic E-state index is -0.674. The van der Waals surface area contributed by atoms with E-state index in [9.17, 15) is 10.2 Å². The summed E-state index contributed by atoms with van der Waals surface area (Å²) in [5.41, 5.74) is 5.24. The lowest BCUT2D eigenvalue weighted by atomic mass is 9.50. The molecule has 3 nitrogen and oxygen atoms in total. The van der Waals surface area contributed by atoms with E-state index in [1.54, 1.807) is 0 Å². The van der Waals surface area contributed by atoms with Gasteiger partial charge in [0.1, 0.15) is 0 Å². The van der Waals surface area contributed by atoms with Crippen molar-refractivity contribution < 1.29 is 10.2 Å². The molecule has 4 atom stereocenters. The SMILES string of the molecule is CC1(N)CC2(C)CC(C)(CO)CC(O)(C1)C2. The maximum atomic E-state index is 10.7. The van der Waals surface area contributed by atoms with Crippen LogP contribution in [-0.4, -0.2) is 28.0 Å². The third kappa shape index (κ3) is 2.13. The summed E-state index contributed by atoms with van der Waals surface area (Å²) in [5, 5.41) is 20.2. The van der Waals surface area contributed by atoms with Crippen LogP contribution in [0, 0.1) is 10.8 Å². The second-order valence-corrected chi connectivity index (χ2v) is 7.54. The molecular formula is C13H25NO2. The van der Waals surface area contributed by atoms with Gasteiger partial charge in [-0.25, -0.2) is 0 Å². The molecule has 0 aromatic heterocycles. The molecule has 0 heterocycles. The fourth-order valence-corrected chi connectivity index (χ4v) is 4.96. The lowest BCUT2D eigenvalue weighted by Crippen LogP contribution is -2.61. The number of rotatable bonds is 1. The monoisotopic (exact) mass is 227 g/mol. The van der Waals surface area contributed by atoms with Gasteiger partial charge < -0.3 is 15.9 Å². The van der Waals surface area contributed by atoms with E-state index >= 15 is 0 Å². The van der Waals surface area contributed by atoms with Gasteiger partial charge in [-0.05, 0) is 49.9 Å². The summed E-state index contributed by atoms with van der Waals surface area (Å²) in [6.07, 6.45) is 4.08. The molecule has 2 saturated carbocycles. The first kappa shape index (κ1) is 12.3. The van der Waals surface area contributed by atoms with Crippen LogP contribution >= 0.6 is 0 Å². The first-order chi connectivity index (χ1) is 7.10. The number of aliphatic hydroxyl groups excluding tert-OH is 1. The number of hydrogen-bond acceptors (Lipinski definition) is 3. The average Bonchev–Trinajstić information content (AvgIpc) is 1.94. The number of fused-ring (bicyclic) bond motifs is 2. The fourth-order valence-electron chi connectivity index (χ4n) is 4.96. The quantitative estimate of drug-likeness (QED) is 0.634. The van der Waals surface area contributed by atoms with Gasteiger partial charge in [-0.1, -0.05) is 13.8 Å². The van der Waals surface area contributed by atoms with Crippen LogP contribution in [0.2, 0.25) is 0 Å². The van der Waals surface area contributed by atoms with Gasteiger partial charge in [0.25, 0.3) is 0 Å². The molecular weight excluding hydrogens is 202 g/mol. The second-order valence-electron chi connectivity index (χ2n) is 7.54. The summed E-state index contributed by atoms with van der Waals surface area (Å²) >= 11 is 0. The molecule has 0 radical (unpaired) electrons. The zero-order valence-corrected chi connectivity index (χ0v) is 10.7. The van der Waals surface area contributed by atoms with Crippen molar-refractivity contribution in [3.8, 4) is 0 Å². The van der Waals surface area contributed by atoms with Crippen LogP contribution in [-0.2, 0) is 0 Å². The summed E-state index contributed by atoms with van der Waals surface area (Å²) in [6, 6.07) is 0. The summed E-state index contributed by atoms with van der Waals surface area (Å²) in [5.74, 6) is 0. The highest BCUT2D eigenvalue weighted by Crippen LogP contribution is 2.58. The van der Waals surface area contributed by atoms with Crippen LogP contribution in [0.25, 0.3) is 0 Å². The molecule has 0 aliphatic heterocycles. The maximum absolute atomic E-state index is 10.7. The van der Waals surface area contributed by atoms with Crippen LogP contribution in [0.5, 0.6) is 0 Å². The summed E-state index contributed by atoms with van der Waals surface area (Å²) in [4.78, 5) is 0. The van der Waals surface area contributed by atoms with Gasteiger partial charge in [0.15, 0.2) is 0 Å². The zero-order valence-electron chi connectivity index (χ0n) is 10.7. The Labute approximate surface area is 98.0 Å². The Balaban J connectivity index is 2.32. The maximum Gasteiger partial charge on any atom is 0.0676 e. The Morgan fingerprint density at radius 2 is 1.62 bits per heavy atom. The molecule has 0 amide bonds. The Morgan fingerprint density at radius 1 is 1.00 bits per heavy atom. The topological polar surface area (TPSA) is 66.5 Å². The zero-order chi connectivity index (χ0) is 12.2. The molecule has 0 aromatic rings. The number of hydrogen-bond donors (Lipinski definition) is 3. The van der Waals surface area contributed by atoms with Gasteiger partial charge in [-0.15, -0.1) is 0 Å². The van der Waals surface area contributed by atoms with Crippen molar-refractivity contribution in [1.82, 2.24) is 0 Å². The van der Waals surface area contributed by atoms with E-state index in [1.807, 2.05) is 6.92 Å². The van der Waals surface area contributed by atoms with Crippen LogP contribution < -0.4 is 5.73 Å². The highest BCUT2D eigenvalue weighted by atomic mass is 16.3. The van der Waals surface area contributed by atoms with Gasteiger partial charge in [-0.2, -0.15) is 0 Å². The Kier molecular flexibility index (Phi) is 2.48. The lowest BCUT2D eigenvalue weighted by Gasteiger charge is -2.59. The minimum absolute atomic E-state index is 0.0756. The molecule has 0 saturated heterocycles. The molecule has 3 heteroatoms. The Bertz CT molecular complexity index is 272. The highest BCUT2D eigenvalue weighted by Gasteiger charge is 2.56. The number of nitrogens with two attached hydrogens (primary N) is 1. The van der Waals surface area contributed by atoms with E-state index in [1.165, 1.54) is 0 Å². The molecule has 0 aromatic carbocycles.